The summed E-state index contributed by atoms with van der Waals surface area (Å²) in [6.45, 7) is 5.41. The molecule has 22 heavy (non-hydrogen) atoms. The number of esters is 1. The number of aromatic nitrogens is 1. The van der Waals surface area contributed by atoms with Crippen molar-refractivity contribution in [1.82, 2.24) is 9.88 Å². The minimum absolute atomic E-state index is 0.240. The molecule has 1 saturated heterocycles. The van der Waals surface area contributed by atoms with Crippen LogP contribution in [0.15, 0.2) is 5.38 Å². The Hall–Kier alpha value is -1.34. The molecule has 2 heterocycles. The minimum atomic E-state index is -0.596. The van der Waals surface area contributed by atoms with Gasteiger partial charge in [-0.2, -0.15) is 0 Å². The van der Waals surface area contributed by atoms with Crippen molar-refractivity contribution in [1.29, 1.82) is 0 Å². The van der Waals surface area contributed by atoms with Gasteiger partial charge in [0.05, 0.1) is 13.2 Å². The molecule has 1 aliphatic heterocycles. The number of ether oxygens (including phenoxy) is 2. The van der Waals surface area contributed by atoms with Crippen LogP contribution in [0, 0.1) is 0 Å². The van der Waals surface area contributed by atoms with Crippen LogP contribution in [-0.4, -0.2) is 40.2 Å². The number of alkyl halides is 1. The molecule has 0 radical (unpaired) electrons. The van der Waals surface area contributed by atoms with Gasteiger partial charge >= 0.3 is 12.1 Å². The van der Waals surface area contributed by atoms with E-state index in [1.54, 1.807) is 26.2 Å². The lowest BCUT2D eigenvalue weighted by atomic mass is 10.2. The van der Waals surface area contributed by atoms with Crippen molar-refractivity contribution in [2.24, 2.45) is 0 Å². The predicted octanol–water partition coefficient (Wildman–Crippen LogP) is 3.57. The number of thiazole rings is 1. The zero-order valence-electron chi connectivity index (χ0n) is 13.0. The van der Waals surface area contributed by atoms with Crippen LogP contribution in [0.1, 0.15) is 55.2 Å². The first-order valence-electron chi connectivity index (χ1n) is 6.92. The number of hydrogen-bond acceptors (Lipinski definition) is 6. The van der Waals surface area contributed by atoms with Crippen molar-refractivity contribution in [3.8, 4) is 0 Å². The van der Waals surface area contributed by atoms with Crippen molar-refractivity contribution in [2.75, 3.05) is 7.11 Å². The third-order valence-electron chi connectivity index (χ3n) is 3.12. The third-order valence-corrected chi connectivity index (χ3v) is 4.50. The Bertz CT molecular complexity index is 569. The van der Waals surface area contributed by atoms with Crippen molar-refractivity contribution < 1.29 is 19.1 Å². The van der Waals surface area contributed by atoms with Crippen molar-refractivity contribution in [3.63, 3.8) is 0 Å². The second-order valence-electron chi connectivity index (χ2n) is 5.98. The quantitative estimate of drug-likeness (QED) is 0.465. The molecule has 1 amide bonds. The summed E-state index contributed by atoms with van der Waals surface area (Å²) in [6.07, 6.45) is 0.866. The largest absolute Gasteiger partial charge is 0.464 e. The summed E-state index contributed by atoms with van der Waals surface area (Å²) in [5.41, 5.74) is -0.795. The average Bonchev–Trinajstić information content (AvgIpc) is 3.01. The fourth-order valence-electron chi connectivity index (χ4n) is 2.21. The van der Waals surface area contributed by atoms with E-state index >= 15 is 0 Å². The number of methoxy groups -OCH3 is 1. The Morgan fingerprint density at radius 1 is 1.41 bits per heavy atom. The molecule has 122 valence electrons. The molecular formula is C14H19ClN2O4S. The molecule has 0 spiro atoms. The van der Waals surface area contributed by atoms with Gasteiger partial charge in [-0.25, -0.2) is 14.6 Å². The lowest BCUT2D eigenvalue weighted by molar-refractivity contribution is 0.0199. The number of rotatable bonds is 2. The van der Waals surface area contributed by atoms with E-state index in [9.17, 15) is 9.59 Å². The van der Waals surface area contributed by atoms with Gasteiger partial charge in [0.15, 0.2) is 5.69 Å². The van der Waals surface area contributed by atoms with Crippen molar-refractivity contribution in [2.45, 2.75) is 50.8 Å². The summed E-state index contributed by atoms with van der Waals surface area (Å²) in [7, 11) is 1.30. The van der Waals surface area contributed by atoms with E-state index in [1.807, 2.05) is 0 Å². The van der Waals surface area contributed by atoms with E-state index in [2.05, 4.69) is 9.72 Å². The van der Waals surface area contributed by atoms with Crippen molar-refractivity contribution in [3.05, 3.63) is 16.1 Å². The van der Waals surface area contributed by atoms with Crippen LogP contribution >= 0.6 is 22.9 Å². The first-order chi connectivity index (χ1) is 10.2. The van der Waals surface area contributed by atoms with Gasteiger partial charge in [0, 0.05) is 5.38 Å². The zero-order valence-corrected chi connectivity index (χ0v) is 14.5. The van der Waals surface area contributed by atoms with Crippen LogP contribution in [0.4, 0.5) is 4.79 Å². The number of carbonyl (C=O) groups is 2. The van der Waals surface area contributed by atoms with Crippen LogP contribution in [0.5, 0.6) is 0 Å². The van der Waals surface area contributed by atoms with E-state index < -0.39 is 23.2 Å². The van der Waals surface area contributed by atoms with Gasteiger partial charge in [-0.05, 0) is 33.6 Å². The van der Waals surface area contributed by atoms with Crippen molar-refractivity contribution >= 4 is 35.0 Å². The molecule has 0 bridgehead atoms. The molecule has 6 nitrogen and oxygen atoms in total. The summed E-state index contributed by atoms with van der Waals surface area (Å²) >= 11 is 7.57. The molecule has 0 saturated carbocycles. The first-order valence-corrected chi connectivity index (χ1v) is 8.23. The zero-order chi connectivity index (χ0) is 16.5. The number of likely N-dealkylation sites (tertiary alicyclic amines) is 1. The Balaban J connectivity index is 2.20. The van der Waals surface area contributed by atoms with Crippen LogP contribution in [0.2, 0.25) is 0 Å². The highest BCUT2D eigenvalue weighted by Gasteiger charge is 2.40. The Labute approximate surface area is 138 Å². The number of nitrogens with zero attached hydrogens (tertiary/aromatic N) is 2. The third kappa shape index (κ3) is 3.70. The number of hydrogen-bond donors (Lipinski definition) is 0. The van der Waals surface area contributed by atoms with Gasteiger partial charge in [0.2, 0.25) is 0 Å². The predicted molar refractivity (Wildman–Crippen MR) is 83.1 cm³/mol. The SMILES string of the molecule is COC(=O)c1csc([C@@H]2CCC(Cl)N2C(=O)OC(C)(C)C)n1. The molecule has 1 aromatic rings. The molecule has 1 unspecified atom stereocenters. The summed E-state index contributed by atoms with van der Waals surface area (Å²) in [5, 5.41) is 2.28. The van der Waals surface area contributed by atoms with Gasteiger partial charge < -0.3 is 9.47 Å². The van der Waals surface area contributed by atoms with E-state index in [0.29, 0.717) is 17.8 Å². The summed E-state index contributed by atoms with van der Waals surface area (Å²) in [5.74, 6) is -0.494. The van der Waals surface area contributed by atoms with Gasteiger partial charge in [-0.1, -0.05) is 11.6 Å². The smallest absolute Gasteiger partial charge is 0.412 e. The van der Waals surface area contributed by atoms with E-state index in [4.69, 9.17) is 16.3 Å². The summed E-state index contributed by atoms with van der Waals surface area (Å²) < 4.78 is 10.1. The van der Waals surface area contributed by atoms with Gasteiger partial charge in [0.25, 0.3) is 0 Å². The summed E-state index contributed by atoms with van der Waals surface area (Å²) in [6, 6.07) is -0.277. The molecule has 8 heteroatoms. The van der Waals surface area contributed by atoms with Crippen LogP contribution in [0.3, 0.4) is 0 Å². The molecule has 1 aliphatic rings. The highest BCUT2D eigenvalue weighted by Crippen LogP contribution is 2.39. The maximum Gasteiger partial charge on any atom is 0.412 e. The Kier molecular flexibility index (Phi) is 4.97. The topological polar surface area (TPSA) is 68.7 Å². The average molecular weight is 347 g/mol. The maximum atomic E-state index is 12.4. The highest BCUT2D eigenvalue weighted by atomic mass is 35.5. The van der Waals surface area contributed by atoms with Gasteiger partial charge in [-0.3, -0.25) is 4.90 Å². The normalized spacial score (nSPS) is 21.8. The minimum Gasteiger partial charge on any atom is -0.464 e. The number of carbonyl (C=O) groups excluding carboxylic acids is 2. The Morgan fingerprint density at radius 3 is 2.68 bits per heavy atom. The molecule has 2 rings (SSSR count). The van der Waals surface area contributed by atoms with Crippen LogP contribution < -0.4 is 0 Å². The standard InChI is InChI=1S/C14H19ClN2O4S/c1-14(2,3)21-13(19)17-9(5-6-10(17)15)11-16-8(7-22-11)12(18)20-4/h7,9-10H,5-6H2,1-4H3/t9-,10?/m0/s1. The monoisotopic (exact) mass is 346 g/mol. The van der Waals surface area contributed by atoms with E-state index in [1.165, 1.54) is 23.3 Å². The van der Waals surface area contributed by atoms with E-state index in [0.717, 1.165) is 0 Å². The van der Waals surface area contributed by atoms with E-state index in [-0.39, 0.29) is 11.7 Å². The molecule has 0 aliphatic carbocycles. The lowest BCUT2D eigenvalue weighted by Crippen LogP contribution is -2.39. The molecule has 0 N–H and O–H groups in total. The molecule has 2 atom stereocenters. The fourth-order valence-corrected chi connectivity index (χ4v) is 3.47. The summed E-state index contributed by atoms with van der Waals surface area (Å²) in [4.78, 5) is 29.6. The highest BCUT2D eigenvalue weighted by molar-refractivity contribution is 7.09. The molecule has 1 fully saturated rings. The molecule has 0 aromatic carbocycles. The van der Waals surface area contributed by atoms with Crippen LogP contribution in [-0.2, 0) is 9.47 Å². The second kappa shape index (κ2) is 6.42. The molecule has 1 aromatic heterocycles. The Morgan fingerprint density at radius 2 is 2.09 bits per heavy atom. The number of halogens is 1. The molecular weight excluding hydrogens is 328 g/mol. The van der Waals surface area contributed by atoms with Gasteiger partial charge in [0.1, 0.15) is 16.1 Å². The fraction of sp³-hybridized carbons (Fsp3) is 0.643. The lowest BCUT2D eigenvalue weighted by Gasteiger charge is -2.29. The van der Waals surface area contributed by atoms with Crippen LogP contribution in [0.25, 0.3) is 0 Å². The van der Waals surface area contributed by atoms with Gasteiger partial charge in [-0.15, -0.1) is 11.3 Å². The first kappa shape index (κ1) is 17.0. The maximum absolute atomic E-state index is 12.4. The number of amides is 1. The second-order valence-corrected chi connectivity index (χ2v) is 7.37.